The van der Waals surface area contributed by atoms with Crippen LogP contribution in [0.2, 0.25) is 0 Å². The summed E-state index contributed by atoms with van der Waals surface area (Å²) in [5.74, 6) is 1.80. The maximum atomic E-state index is 12.6. The standard InChI is InChI=1S/C26H42F3N5/c1-17-7-9-21(10-8-17)24(33-18(2)14-25(4,5)6)19(3)34-23-13-20(11-12-32-23)15-31-16-22(30)26(27,28)29/h11-13,17,21-22,24,31,33H,2-3,7-10,14-16,30H2,1,4-6H3,(H,32,34). The van der Waals surface area contributed by atoms with Crippen molar-refractivity contribution < 1.29 is 13.2 Å². The van der Waals surface area contributed by atoms with E-state index < -0.39 is 12.2 Å². The summed E-state index contributed by atoms with van der Waals surface area (Å²) in [7, 11) is 0. The summed E-state index contributed by atoms with van der Waals surface area (Å²) in [6.07, 6.45) is 2.73. The second kappa shape index (κ2) is 12.1. The van der Waals surface area contributed by atoms with Crippen LogP contribution in [0.5, 0.6) is 0 Å². The Bertz CT molecular complexity index is 807. The van der Waals surface area contributed by atoms with Gasteiger partial charge in [-0.05, 0) is 54.2 Å². The Morgan fingerprint density at radius 3 is 2.41 bits per heavy atom. The number of nitrogens with one attached hydrogen (secondary N) is 3. The highest BCUT2D eigenvalue weighted by Gasteiger charge is 2.36. The van der Waals surface area contributed by atoms with Gasteiger partial charge in [-0.2, -0.15) is 13.2 Å². The van der Waals surface area contributed by atoms with Gasteiger partial charge in [0.05, 0.1) is 6.04 Å². The minimum atomic E-state index is -4.41. The lowest BCUT2D eigenvalue weighted by molar-refractivity contribution is -0.146. The Labute approximate surface area is 202 Å². The smallest absolute Gasteiger partial charge is 0.380 e. The minimum absolute atomic E-state index is 0.0238. The van der Waals surface area contributed by atoms with E-state index >= 15 is 0 Å². The average molecular weight is 482 g/mol. The highest BCUT2D eigenvalue weighted by Crippen LogP contribution is 2.34. The molecular formula is C26H42F3N5. The quantitative estimate of drug-likeness (QED) is 0.325. The first-order valence-corrected chi connectivity index (χ1v) is 12.1. The van der Waals surface area contributed by atoms with Gasteiger partial charge in [0.1, 0.15) is 11.9 Å². The van der Waals surface area contributed by atoms with Gasteiger partial charge < -0.3 is 21.7 Å². The summed E-state index contributed by atoms with van der Waals surface area (Å²) in [5.41, 5.74) is 7.92. The molecule has 0 saturated heterocycles. The van der Waals surface area contributed by atoms with E-state index in [0.717, 1.165) is 42.1 Å². The van der Waals surface area contributed by atoms with Gasteiger partial charge in [-0.3, -0.25) is 0 Å². The van der Waals surface area contributed by atoms with E-state index in [1.54, 1.807) is 12.3 Å². The number of aromatic nitrogens is 1. The number of nitrogens with zero attached hydrogens (tertiary/aromatic N) is 1. The normalized spacial score (nSPS) is 20.9. The number of allylic oxidation sites excluding steroid dienone is 1. The number of hydrogen-bond donors (Lipinski definition) is 4. The zero-order valence-corrected chi connectivity index (χ0v) is 21.1. The topological polar surface area (TPSA) is 75.0 Å². The summed E-state index contributed by atoms with van der Waals surface area (Å²) < 4.78 is 37.8. The molecule has 1 fully saturated rings. The molecule has 0 aliphatic heterocycles. The Morgan fingerprint density at radius 1 is 1.18 bits per heavy atom. The maximum absolute atomic E-state index is 12.6. The van der Waals surface area contributed by atoms with Crippen molar-refractivity contribution in [3.05, 3.63) is 48.4 Å². The third-order valence-corrected chi connectivity index (χ3v) is 6.24. The van der Waals surface area contributed by atoms with Crippen molar-refractivity contribution >= 4 is 5.82 Å². The minimum Gasteiger partial charge on any atom is -0.380 e. The van der Waals surface area contributed by atoms with Gasteiger partial charge in [-0.1, -0.05) is 53.7 Å². The highest BCUT2D eigenvalue weighted by atomic mass is 19.4. The molecule has 1 aliphatic carbocycles. The lowest BCUT2D eigenvalue weighted by Crippen LogP contribution is -2.45. The molecule has 1 saturated carbocycles. The first-order chi connectivity index (χ1) is 15.7. The molecule has 0 spiro atoms. The molecule has 1 aliphatic rings. The van der Waals surface area contributed by atoms with Crippen LogP contribution in [0.4, 0.5) is 19.0 Å². The second-order valence-electron chi connectivity index (χ2n) is 11.0. The number of alkyl halides is 3. The molecule has 2 atom stereocenters. The van der Waals surface area contributed by atoms with Gasteiger partial charge in [-0.15, -0.1) is 0 Å². The SMILES string of the molecule is C=C(CC(C)(C)C)NC(C(=C)Nc1cc(CNCC(N)C(F)(F)F)ccn1)C1CCC(C)CC1. The van der Waals surface area contributed by atoms with Crippen LogP contribution in [-0.4, -0.2) is 29.8 Å². The van der Waals surface area contributed by atoms with Crippen molar-refractivity contribution in [2.75, 3.05) is 11.9 Å². The van der Waals surface area contributed by atoms with Gasteiger partial charge in [0.2, 0.25) is 0 Å². The second-order valence-corrected chi connectivity index (χ2v) is 11.0. The Balaban J connectivity index is 2.04. The zero-order valence-electron chi connectivity index (χ0n) is 21.1. The number of rotatable bonds is 11. The monoisotopic (exact) mass is 481 g/mol. The molecular weight excluding hydrogens is 439 g/mol. The van der Waals surface area contributed by atoms with Crippen LogP contribution in [0.25, 0.3) is 0 Å². The largest absolute Gasteiger partial charge is 0.404 e. The van der Waals surface area contributed by atoms with Crippen molar-refractivity contribution in [2.24, 2.45) is 23.0 Å². The molecule has 0 radical (unpaired) electrons. The third kappa shape index (κ3) is 9.66. The molecule has 192 valence electrons. The molecule has 5 N–H and O–H groups in total. The van der Waals surface area contributed by atoms with E-state index in [2.05, 4.69) is 61.8 Å². The van der Waals surface area contributed by atoms with Crippen LogP contribution < -0.4 is 21.7 Å². The van der Waals surface area contributed by atoms with E-state index in [0.29, 0.717) is 11.7 Å². The van der Waals surface area contributed by atoms with Crippen LogP contribution in [0, 0.1) is 17.3 Å². The van der Waals surface area contributed by atoms with E-state index in [-0.39, 0.29) is 24.5 Å². The van der Waals surface area contributed by atoms with Crippen molar-refractivity contribution in [3.8, 4) is 0 Å². The van der Waals surface area contributed by atoms with E-state index in [9.17, 15) is 13.2 Å². The molecule has 34 heavy (non-hydrogen) atoms. The van der Waals surface area contributed by atoms with Crippen LogP contribution in [0.3, 0.4) is 0 Å². The van der Waals surface area contributed by atoms with Crippen LogP contribution >= 0.6 is 0 Å². The molecule has 0 amide bonds. The number of hydrogen-bond acceptors (Lipinski definition) is 5. The van der Waals surface area contributed by atoms with Crippen molar-refractivity contribution in [1.29, 1.82) is 0 Å². The van der Waals surface area contributed by atoms with Gasteiger partial charge in [0.15, 0.2) is 0 Å². The van der Waals surface area contributed by atoms with Gasteiger partial charge in [-0.25, -0.2) is 4.98 Å². The number of nitrogens with two attached hydrogens (primary N) is 1. The molecule has 0 bridgehead atoms. The third-order valence-electron chi connectivity index (χ3n) is 6.24. The summed E-state index contributed by atoms with van der Waals surface area (Å²) in [5, 5.41) is 9.75. The fraction of sp³-hybridized carbons (Fsp3) is 0.654. The molecule has 2 rings (SSSR count). The van der Waals surface area contributed by atoms with Crippen molar-refractivity contribution in [3.63, 3.8) is 0 Å². The van der Waals surface area contributed by atoms with Gasteiger partial charge in [0, 0.05) is 30.7 Å². The van der Waals surface area contributed by atoms with E-state index in [4.69, 9.17) is 5.73 Å². The van der Waals surface area contributed by atoms with E-state index in [1.807, 2.05) is 6.07 Å². The summed E-state index contributed by atoms with van der Waals surface area (Å²) in [6, 6.07) is 1.72. The zero-order chi connectivity index (χ0) is 25.5. The van der Waals surface area contributed by atoms with Crippen molar-refractivity contribution in [2.45, 2.75) is 84.6 Å². The van der Waals surface area contributed by atoms with Crippen molar-refractivity contribution in [1.82, 2.24) is 15.6 Å². The number of pyridine rings is 1. The molecule has 1 aromatic heterocycles. The molecule has 5 nitrogen and oxygen atoms in total. The molecule has 2 unspecified atom stereocenters. The maximum Gasteiger partial charge on any atom is 0.404 e. The first-order valence-electron chi connectivity index (χ1n) is 12.1. The number of halogens is 3. The van der Waals surface area contributed by atoms with Crippen LogP contribution in [-0.2, 0) is 6.54 Å². The van der Waals surface area contributed by atoms with Gasteiger partial charge in [0.25, 0.3) is 0 Å². The highest BCUT2D eigenvalue weighted by molar-refractivity contribution is 5.44. The predicted molar refractivity (Wildman–Crippen MR) is 134 cm³/mol. The lowest BCUT2D eigenvalue weighted by atomic mass is 9.78. The summed E-state index contributed by atoms with van der Waals surface area (Å²) in [6.45, 7) is 17.4. The Kier molecular flexibility index (Phi) is 10.0. The van der Waals surface area contributed by atoms with E-state index in [1.165, 1.54) is 12.8 Å². The molecule has 8 heteroatoms. The lowest BCUT2D eigenvalue weighted by Gasteiger charge is -2.36. The molecule has 0 aromatic carbocycles. The summed E-state index contributed by atoms with van der Waals surface area (Å²) in [4.78, 5) is 4.39. The fourth-order valence-corrected chi connectivity index (χ4v) is 4.40. The average Bonchev–Trinajstić information content (AvgIpc) is 2.71. The van der Waals surface area contributed by atoms with Crippen LogP contribution in [0.1, 0.15) is 65.4 Å². The Hall–Kier alpha value is -2.06. The number of anilines is 1. The molecule has 1 aromatic rings. The molecule has 1 heterocycles. The Morgan fingerprint density at radius 2 is 1.82 bits per heavy atom. The fourth-order valence-electron chi connectivity index (χ4n) is 4.40. The predicted octanol–water partition coefficient (Wildman–Crippen LogP) is 5.72. The van der Waals surface area contributed by atoms with Gasteiger partial charge >= 0.3 is 6.18 Å². The first kappa shape index (κ1) is 28.2. The van der Waals surface area contributed by atoms with Crippen LogP contribution in [0.15, 0.2) is 42.9 Å². The summed E-state index contributed by atoms with van der Waals surface area (Å²) >= 11 is 0.